The van der Waals surface area contributed by atoms with Crippen molar-refractivity contribution < 1.29 is 29.4 Å². The van der Waals surface area contributed by atoms with Crippen molar-refractivity contribution in [3.63, 3.8) is 0 Å². The Morgan fingerprint density at radius 3 is 1.04 bits per heavy atom. The molecule has 5 rings (SSSR count). The molecule has 0 saturated carbocycles. The average Bonchev–Trinajstić information content (AvgIpc) is 3.14. The quantitative estimate of drug-likeness (QED) is 0.146. The standard InChI is InChI=1S/C30H30O6.2C5H5N/c1-5-17-9-11-21(19(7-3)13-17)27(31)23-15-26(30(35)36)24(16-25(23)29(33)34)28(32)22-12-10-18(6-2)14-20(22)8-4;2*1-2-4-6-5-3-1/h9-16H,5-8H2,1-4H3,(H,33,34)(H,35,36);2*1-5H. The summed E-state index contributed by atoms with van der Waals surface area (Å²) in [7, 11) is 0. The van der Waals surface area contributed by atoms with Gasteiger partial charge in [0.2, 0.25) is 0 Å². The normalized spacial score (nSPS) is 10.1. The molecule has 0 amide bonds. The molecule has 2 aromatic heterocycles. The van der Waals surface area contributed by atoms with Crippen LogP contribution in [-0.4, -0.2) is 43.7 Å². The highest BCUT2D eigenvalue weighted by molar-refractivity contribution is 6.20. The Bertz CT molecular complexity index is 1660. The lowest BCUT2D eigenvalue weighted by atomic mass is 9.87. The lowest BCUT2D eigenvalue weighted by Crippen LogP contribution is -2.18. The number of ketones is 2. The second kappa shape index (κ2) is 18.4. The molecule has 0 aliphatic rings. The van der Waals surface area contributed by atoms with Crippen molar-refractivity contribution in [2.24, 2.45) is 0 Å². The van der Waals surface area contributed by atoms with Crippen LogP contribution in [0.5, 0.6) is 0 Å². The highest BCUT2D eigenvalue weighted by Crippen LogP contribution is 2.27. The molecule has 0 bridgehead atoms. The van der Waals surface area contributed by atoms with Gasteiger partial charge in [0.15, 0.2) is 11.6 Å². The number of carbonyl (C=O) groups is 4. The van der Waals surface area contributed by atoms with E-state index >= 15 is 0 Å². The van der Waals surface area contributed by atoms with Gasteiger partial charge in [-0.05, 0) is 84.3 Å². The van der Waals surface area contributed by atoms with E-state index < -0.39 is 34.6 Å². The molecule has 8 heteroatoms. The number of pyridine rings is 2. The Morgan fingerprint density at radius 1 is 0.458 bits per heavy atom. The van der Waals surface area contributed by atoms with Crippen LogP contribution in [0.2, 0.25) is 0 Å². The molecule has 0 saturated heterocycles. The van der Waals surface area contributed by atoms with Crippen molar-refractivity contribution >= 4 is 23.5 Å². The molecule has 0 fully saturated rings. The summed E-state index contributed by atoms with van der Waals surface area (Å²) in [6.45, 7) is 7.77. The minimum Gasteiger partial charge on any atom is -0.478 e. The Hall–Kier alpha value is -5.76. The maximum atomic E-state index is 13.5. The first-order valence-corrected chi connectivity index (χ1v) is 15.8. The summed E-state index contributed by atoms with van der Waals surface area (Å²) in [4.78, 5) is 59.0. The van der Waals surface area contributed by atoms with Gasteiger partial charge in [-0.2, -0.15) is 0 Å². The van der Waals surface area contributed by atoms with Crippen LogP contribution in [0.25, 0.3) is 0 Å². The van der Waals surface area contributed by atoms with E-state index in [9.17, 15) is 29.4 Å². The van der Waals surface area contributed by atoms with Crippen molar-refractivity contribution in [1.82, 2.24) is 9.97 Å². The number of hydrogen-bond donors (Lipinski definition) is 2. The molecular weight excluding hydrogens is 604 g/mol. The Labute approximate surface area is 281 Å². The van der Waals surface area contributed by atoms with E-state index in [2.05, 4.69) is 9.97 Å². The van der Waals surface area contributed by atoms with Crippen LogP contribution in [0.1, 0.15) is 103 Å². The zero-order valence-electron chi connectivity index (χ0n) is 27.6. The van der Waals surface area contributed by atoms with E-state index in [1.807, 2.05) is 76.2 Å². The molecule has 0 radical (unpaired) electrons. The minimum atomic E-state index is -1.41. The SMILES string of the molecule is CCc1ccc(C(=O)c2cc(C(=O)O)c(C(=O)c3ccc(CC)cc3CC)cc2C(=O)O)c(CC)c1.c1ccncc1.c1ccncc1. The van der Waals surface area contributed by atoms with Crippen LogP contribution >= 0.6 is 0 Å². The molecule has 2 N–H and O–H groups in total. The van der Waals surface area contributed by atoms with Crippen molar-refractivity contribution in [3.8, 4) is 0 Å². The summed E-state index contributed by atoms with van der Waals surface area (Å²) in [5.74, 6) is -4.00. The van der Waals surface area contributed by atoms with Crippen LogP contribution in [0.3, 0.4) is 0 Å². The summed E-state index contributed by atoms with van der Waals surface area (Å²) >= 11 is 0. The van der Waals surface area contributed by atoms with E-state index in [4.69, 9.17) is 0 Å². The largest absolute Gasteiger partial charge is 0.478 e. The van der Waals surface area contributed by atoms with Crippen LogP contribution in [0, 0.1) is 0 Å². The predicted molar refractivity (Wildman–Crippen MR) is 186 cm³/mol. The molecule has 5 aromatic rings. The molecule has 246 valence electrons. The molecule has 0 unspecified atom stereocenters. The van der Waals surface area contributed by atoms with E-state index in [1.165, 1.54) is 0 Å². The Kier molecular flexibility index (Phi) is 14.1. The fourth-order valence-electron chi connectivity index (χ4n) is 5.01. The highest BCUT2D eigenvalue weighted by Gasteiger charge is 2.28. The Morgan fingerprint density at radius 2 is 0.812 bits per heavy atom. The van der Waals surface area contributed by atoms with Crippen molar-refractivity contribution in [2.45, 2.75) is 53.4 Å². The third-order valence-corrected chi connectivity index (χ3v) is 7.65. The molecule has 0 atom stereocenters. The molecule has 2 heterocycles. The van der Waals surface area contributed by atoms with Crippen molar-refractivity contribution in [1.29, 1.82) is 0 Å². The zero-order valence-corrected chi connectivity index (χ0v) is 27.6. The first-order chi connectivity index (χ1) is 23.2. The third kappa shape index (κ3) is 9.62. The van der Waals surface area contributed by atoms with Crippen molar-refractivity contribution in [2.75, 3.05) is 0 Å². The topological polar surface area (TPSA) is 135 Å². The smallest absolute Gasteiger partial charge is 0.336 e. The molecule has 0 aliphatic carbocycles. The lowest BCUT2D eigenvalue weighted by Gasteiger charge is -2.15. The Balaban J connectivity index is 0.000000432. The van der Waals surface area contributed by atoms with Gasteiger partial charge in [-0.3, -0.25) is 19.6 Å². The van der Waals surface area contributed by atoms with Gasteiger partial charge in [-0.1, -0.05) is 76.2 Å². The fraction of sp³-hybridized carbons (Fsp3) is 0.200. The average molecular weight is 645 g/mol. The van der Waals surface area contributed by atoms with Crippen molar-refractivity contribution in [3.05, 3.63) is 165 Å². The van der Waals surface area contributed by atoms with Gasteiger partial charge >= 0.3 is 11.9 Å². The van der Waals surface area contributed by atoms with Crippen LogP contribution in [0.15, 0.2) is 110 Å². The summed E-state index contributed by atoms with van der Waals surface area (Å²) in [5.41, 5.74) is 2.88. The number of aryl methyl sites for hydroxylation is 4. The van der Waals surface area contributed by atoms with Crippen LogP contribution < -0.4 is 0 Å². The number of rotatable bonds is 10. The number of aromatic nitrogens is 2. The predicted octanol–water partition coefficient (Wildman–Crippen LogP) is 7.96. The van der Waals surface area contributed by atoms with Gasteiger partial charge in [0.1, 0.15) is 0 Å². The van der Waals surface area contributed by atoms with Gasteiger partial charge in [0.05, 0.1) is 11.1 Å². The maximum Gasteiger partial charge on any atom is 0.336 e. The molecule has 48 heavy (non-hydrogen) atoms. The third-order valence-electron chi connectivity index (χ3n) is 7.65. The summed E-state index contributed by atoms with van der Waals surface area (Å²) in [6.07, 6.45) is 9.65. The number of benzene rings is 3. The second-order valence-corrected chi connectivity index (χ2v) is 10.7. The molecular formula is C40H40N2O6. The van der Waals surface area contributed by atoms with Gasteiger partial charge in [0.25, 0.3) is 0 Å². The minimum absolute atomic E-state index is 0.257. The van der Waals surface area contributed by atoms with Gasteiger partial charge < -0.3 is 10.2 Å². The zero-order chi connectivity index (χ0) is 35.1. The first kappa shape index (κ1) is 36.7. The summed E-state index contributed by atoms with van der Waals surface area (Å²) < 4.78 is 0. The van der Waals surface area contributed by atoms with Gasteiger partial charge in [-0.15, -0.1) is 0 Å². The van der Waals surface area contributed by atoms with E-state index in [1.54, 1.807) is 49.1 Å². The van der Waals surface area contributed by atoms with Crippen LogP contribution in [-0.2, 0) is 25.7 Å². The monoisotopic (exact) mass is 644 g/mol. The van der Waals surface area contributed by atoms with E-state index in [-0.39, 0.29) is 11.1 Å². The first-order valence-electron chi connectivity index (χ1n) is 15.8. The fourth-order valence-corrected chi connectivity index (χ4v) is 5.01. The highest BCUT2D eigenvalue weighted by atomic mass is 16.4. The number of carboxylic acid groups (broad SMARTS) is 2. The molecule has 0 aliphatic heterocycles. The number of carbonyl (C=O) groups excluding carboxylic acids is 2. The number of hydrogen-bond acceptors (Lipinski definition) is 6. The van der Waals surface area contributed by atoms with E-state index in [0.717, 1.165) is 47.2 Å². The number of nitrogens with zero attached hydrogens (tertiary/aromatic N) is 2. The summed E-state index contributed by atoms with van der Waals surface area (Å²) in [6, 6.07) is 24.2. The van der Waals surface area contributed by atoms with E-state index in [0.29, 0.717) is 24.0 Å². The lowest BCUT2D eigenvalue weighted by molar-refractivity contribution is 0.0677. The second-order valence-electron chi connectivity index (χ2n) is 10.7. The molecule has 0 spiro atoms. The van der Waals surface area contributed by atoms with Gasteiger partial charge in [-0.25, -0.2) is 9.59 Å². The number of carboxylic acids is 2. The van der Waals surface area contributed by atoms with Crippen LogP contribution in [0.4, 0.5) is 0 Å². The van der Waals surface area contributed by atoms with Gasteiger partial charge in [0, 0.05) is 47.0 Å². The number of aromatic carboxylic acids is 2. The maximum absolute atomic E-state index is 13.5. The molecule has 3 aromatic carbocycles. The summed E-state index contributed by atoms with van der Waals surface area (Å²) in [5, 5.41) is 19.9. The molecule has 8 nitrogen and oxygen atoms in total.